The summed E-state index contributed by atoms with van der Waals surface area (Å²) in [6.07, 6.45) is 4.37. The number of carbonyl (C=O) groups is 2. The molecule has 7 heteroatoms. The molecule has 2 N–H and O–H groups in total. The smallest absolute Gasteiger partial charge is 0.243 e. The third-order valence-corrected chi connectivity index (χ3v) is 5.95. The standard InChI is InChI=1S/C20H25N3O3S/c24-18(22-26)8-4-5-15-9-11-23(12-10-15)19(25)13-17-14-27-20(21-17)16-6-2-1-3-7-16/h1-3,6-7,14-15,26H,4-5,8-13H2,(H,22,24). The van der Waals surface area contributed by atoms with Gasteiger partial charge in [0.25, 0.3) is 0 Å². The molecule has 1 aromatic heterocycles. The molecule has 0 unspecified atom stereocenters. The Kier molecular flexibility index (Phi) is 6.95. The first-order valence-electron chi connectivity index (χ1n) is 9.36. The van der Waals surface area contributed by atoms with Crippen LogP contribution in [0.1, 0.15) is 37.8 Å². The highest BCUT2D eigenvalue weighted by molar-refractivity contribution is 7.13. The van der Waals surface area contributed by atoms with Crippen molar-refractivity contribution in [2.45, 2.75) is 38.5 Å². The van der Waals surface area contributed by atoms with Crippen LogP contribution in [0.15, 0.2) is 35.7 Å². The third-order valence-electron chi connectivity index (χ3n) is 5.01. The zero-order valence-electron chi connectivity index (χ0n) is 15.3. The summed E-state index contributed by atoms with van der Waals surface area (Å²) in [5, 5.41) is 11.4. The highest BCUT2D eigenvalue weighted by Gasteiger charge is 2.23. The largest absolute Gasteiger partial charge is 0.342 e. The second-order valence-corrected chi connectivity index (χ2v) is 7.80. The van der Waals surface area contributed by atoms with Crippen molar-refractivity contribution in [3.8, 4) is 10.6 Å². The second kappa shape index (κ2) is 9.62. The van der Waals surface area contributed by atoms with Crippen LogP contribution in [0.4, 0.5) is 0 Å². The van der Waals surface area contributed by atoms with Crippen molar-refractivity contribution in [3.63, 3.8) is 0 Å². The number of thiazole rings is 1. The van der Waals surface area contributed by atoms with Crippen LogP contribution >= 0.6 is 11.3 Å². The molecule has 0 saturated carbocycles. The van der Waals surface area contributed by atoms with Gasteiger partial charge in [-0.05, 0) is 31.6 Å². The average molecular weight is 388 g/mol. The van der Waals surface area contributed by atoms with E-state index in [2.05, 4.69) is 4.98 Å². The molecule has 1 aliphatic heterocycles. The van der Waals surface area contributed by atoms with Crippen LogP contribution in [0.25, 0.3) is 10.6 Å². The highest BCUT2D eigenvalue weighted by atomic mass is 32.1. The summed E-state index contributed by atoms with van der Waals surface area (Å²) in [6, 6.07) is 10.0. The molecule has 1 aromatic carbocycles. The van der Waals surface area contributed by atoms with E-state index in [-0.39, 0.29) is 11.8 Å². The molecule has 3 rings (SSSR count). The van der Waals surface area contributed by atoms with Gasteiger partial charge in [-0.1, -0.05) is 30.3 Å². The van der Waals surface area contributed by atoms with E-state index in [0.29, 0.717) is 18.8 Å². The number of hydrogen-bond donors (Lipinski definition) is 2. The van der Waals surface area contributed by atoms with Gasteiger partial charge >= 0.3 is 0 Å². The van der Waals surface area contributed by atoms with Gasteiger partial charge in [-0.25, -0.2) is 10.5 Å². The maximum Gasteiger partial charge on any atom is 0.243 e. The number of hydroxylamine groups is 1. The number of rotatable bonds is 7. The molecule has 0 spiro atoms. The van der Waals surface area contributed by atoms with Crippen LogP contribution in [0.2, 0.25) is 0 Å². The SMILES string of the molecule is O=C(CCCC1CCN(C(=O)Cc2csc(-c3ccccc3)n2)CC1)NO. The Balaban J connectivity index is 1.43. The summed E-state index contributed by atoms with van der Waals surface area (Å²) in [5.74, 6) is 0.350. The van der Waals surface area contributed by atoms with Gasteiger partial charge in [0.15, 0.2) is 0 Å². The van der Waals surface area contributed by atoms with Gasteiger partial charge < -0.3 is 4.90 Å². The number of amides is 2. The fourth-order valence-electron chi connectivity index (χ4n) is 3.45. The minimum Gasteiger partial charge on any atom is -0.342 e. The quantitative estimate of drug-likeness (QED) is 0.564. The molecule has 1 fully saturated rings. The van der Waals surface area contributed by atoms with E-state index < -0.39 is 0 Å². The predicted octanol–water partition coefficient (Wildman–Crippen LogP) is 3.27. The van der Waals surface area contributed by atoms with Gasteiger partial charge in [0.05, 0.1) is 12.1 Å². The lowest BCUT2D eigenvalue weighted by atomic mass is 9.91. The number of likely N-dealkylation sites (tertiary alicyclic amines) is 1. The Labute approximate surface area is 163 Å². The van der Waals surface area contributed by atoms with E-state index in [4.69, 9.17) is 5.21 Å². The van der Waals surface area contributed by atoms with Gasteiger partial charge in [-0.15, -0.1) is 11.3 Å². The molecule has 1 saturated heterocycles. The topological polar surface area (TPSA) is 82.5 Å². The summed E-state index contributed by atoms with van der Waals surface area (Å²) in [4.78, 5) is 30.2. The fourth-order valence-corrected chi connectivity index (χ4v) is 4.27. The Morgan fingerprint density at radius 2 is 1.96 bits per heavy atom. The van der Waals surface area contributed by atoms with Crippen molar-refractivity contribution >= 4 is 23.2 Å². The lowest BCUT2D eigenvalue weighted by Crippen LogP contribution is -2.39. The van der Waals surface area contributed by atoms with Gasteiger partial charge in [0.1, 0.15) is 5.01 Å². The van der Waals surface area contributed by atoms with Crippen molar-refractivity contribution in [1.29, 1.82) is 0 Å². The Bertz CT molecular complexity index is 755. The van der Waals surface area contributed by atoms with Gasteiger partial charge in [0, 0.05) is 30.5 Å². The zero-order valence-corrected chi connectivity index (χ0v) is 16.1. The summed E-state index contributed by atoms with van der Waals surface area (Å²) >= 11 is 1.57. The second-order valence-electron chi connectivity index (χ2n) is 6.94. The average Bonchev–Trinajstić information content (AvgIpc) is 3.17. The van der Waals surface area contributed by atoms with E-state index in [1.54, 1.807) is 16.8 Å². The number of carbonyl (C=O) groups excluding carboxylic acids is 2. The fraction of sp³-hybridized carbons (Fsp3) is 0.450. The van der Waals surface area contributed by atoms with Crippen molar-refractivity contribution in [3.05, 3.63) is 41.4 Å². The molecule has 2 aromatic rings. The summed E-state index contributed by atoms with van der Waals surface area (Å²) < 4.78 is 0. The number of nitrogens with zero attached hydrogens (tertiary/aromatic N) is 2. The van der Waals surface area contributed by atoms with Crippen molar-refractivity contribution < 1.29 is 14.8 Å². The monoisotopic (exact) mass is 387 g/mol. The molecule has 0 atom stereocenters. The summed E-state index contributed by atoms with van der Waals surface area (Å²) in [5.41, 5.74) is 3.58. The summed E-state index contributed by atoms with van der Waals surface area (Å²) in [7, 11) is 0. The molecular formula is C20H25N3O3S. The van der Waals surface area contributed by atoms with E-state index in [1.165, 1.54) is 0 Å². The van der Waals surface area contributed by atoms with Crippen LogP contribution in [0, 0.1) is 5.92 Å². The van der Waals surface area contributed by atoms with Gasteiger partial charge in [-0.3, -0.25) is 14.8 Å². The lowest BCUT2D eigenvalue weighted by Gasteiger charge is -2.32. The molecule has 2 amide bonds. The Morgan fingerprint density at radius 1 is 1.22 bits per heavy atom. The molecule has 2 heterocycles. The number of aromatic nitrogens is 1. The Morgan fingerprint density at radius 3 is 2.67 bits per heavy atom. The maximum absolute atomic E-state index is 12.6. The number of hydrogen-bond acceptors (Lipinski definition) is 5. The number of piperidine rings is 1. The van der Waals surface area contributed by atoms with E-state index >= 15 is 0 Å². The lowest BCUT2D eigenvalue weighted by molar-refractivity contribution is -0.131. The van der Waals surface area contributed by atoms with E-state index in [9.17, 15) is 9.59 Å². The van der Waals surface area contributed by atoms with E-state index in [0.717, 1.165) is 55.0 Å². The summed E-state index contributed by atoms with van der Waals surface area (Å²) in [6.45, 7) is 1.54. The van der Waals surface area contributed by atoms with Crippen molar-refractivity contribution in [2.75, 3.05) is 13.1 Å². The predicted molar refractivity (Wildman–Crippen MR) is 104 cm³/mol. The first kappa shape index (κ1) is 19.5. The number of nitrogens with one attached hydrogen (secondary N) is 1. The molecule has 6 nitrogen and oxygen atoms in total. The molecule has 27 heavy (non-hydrogen) atoms. The molecule has 0 radical (unpaired) electrons. The molecule has 1 aliphatic rings. The number of benzene rings is 1. The van der Waals surface area contributed by atoms with Crippen LogP contribution in [0.5, 0.6) is 0 Å². The minimum atomic E-state index is -0.333. The zero-order chi connectivity index (χ0) is 19.1. The third kappa shape index (κ3) is 5.61. The van der Waals surface area contributed by atoms with E-state index in [1.807, 2.05) is 40.6 Å². The first-order chi connectivity index (χ1) is 13.2. The molecule has 144 valence electrons. The highest BCUT2D eigenvalue weighted by Crippen LogP contribution is 2.25. The molecule has 0 aliphatic carbocycles. The van der Waals surface area contributed by atoms with Crippen molar-refractivity contribution in [1.82, 2.24) is 15.4 Å². The van der Waals surface area contributed by atoms with Crippen LogP contribution < -0.4 is 5.48 Å². The van der Waals surface area contributed by atoms with Crippen LogP contribution in [-0.2, 0) is 16.0 Å². The van der Waals surface area contributed by atoms with Crippen molar-refractivity contribution in [2.24, 2.45) is 5.92 Å². The van der Waals surface area contributed by atoms with Crippen LogP contribution in [-0.4, -0.2) is 40.0 Å². The maximum atomic E-state index is 12.6. The van der Waals surface area contributed by atoms with Gasteiger partial charge in [0.2, 0.25) is 11.8 Å². The van der Waals surface area contributed by atoms with Crippen LogP contribution in [0.3, 0.4) is 0 Å². The first-order valence-corrected chi connectivity index (χ1v) is 10.2. The normalized spacial score (nSPS) is 14.9. The minimum absolute atomic E-state index is 0.137. The molecular weight excluding hydrogens is 362 g/mol. The molecule has 0 bridgehead atoms. The van der Waals surface area contributed by atoms with Gasteiger partial charge in [-0.2, -0.15) is 0 Å². The Hall–Kier alpha value is -2.25.